The Morgan fingerprint density at radius 2 is 1.88 bits per heavy atom. The summed E-state index contributed by atoms with van der Waals surface area (Å²) in [7, 11) is 3.24. The number of aryl methyl sites for hydroxylation is 2. The molecule has 0 aliphatic rings. The van der Waals surface area contributed by atoms with Crippen molar-refractivity contribution in [3.8, 4) is 5.75 Å². The van der Waals surface area contributed by atoms with E-state index in [-0.39, 0.29) is 6.10 Å². The Hall–Kier alpha value is -1.06. The minimum absolute atomic E-state index is 0.203. The van der Waals surface area contributed by atoms with Gasteiger partial charge in [-0.3, -0.25) is 0 Å². The van der Waals surface area contributed by atoms with Crippen molar-refractivity contribution in [1.82, 2.24) is 0 Å². The van der Waals surface area contributed by atoms with Crippen molar-refractivity contribution in [3.05, 3.63) is 28.8 Å². The molecule has 1 rings (SSSR count). The second-order valence-electron chi connectivity index (χ2n) is 4.32. The summed E-state index contributed by atoms with van der Waals surface area (Å²) in [6.45, 7) is 5.99. The molecular weight excluding hydrogens is 216 g/mol. The molecule has 0 aliphatic carbocycles. The molecule has 0 amide bonds. The van der Waals surface area contributed by atoms with Gasteiger partial charge >= 0.3 is 0 Å². The second kappa shape index (κ2) is 6.03. The SMILES string of the molecule is CCC(OC)C(O)c1c(C)cc(C)cc1OC. The van der Waals surface area contributed by atoms with E-state index in [1.54, 1.807) is 14.2 Å². The van der Waals surface area contributed by atoms with Crippen LogP contribution in [-0.4, -0.2) is 25.4 Å². The van der Waals surface area contributed by atoms with Crippen LogP contribution < -0.4 is 4.74 Å². The highest BCUT2D eigenvalue weighted by Gasteiger charge is 2.24. The molecule has 0 bridgehead atoms. The summed E-state index contributed by atoms with van der Waals surface area (Å²) in [6.07, 6.45) is -0.0976. The molecule has 0 aromatic heterocycles. The summed E-state index contributed by atoms with van der Waals surface area (Å²) in [4.78, 5) is 0. The fourth-order valence-electron chi connectivity index (χ4n) is 2.19. The van der Waals surface area contributed by atoms with E-state index in [0.717, 1.165) is 28.9 Å². The number of hydrogen-bond acceptors (Lipinski definition) is 3. The van der Waals surface area contributed by atoms with Crippen molar-refractivity contribution in [2.24, 2.45) is 0 Å². The lowest BCUT2D eigenvalue weighted by atomic mass is 9.95. The van der Waals surface area contributed by atoms with Crippen LogP contribution >= 0.6 is 0 Å². The molecule has 0 saturated heterocycles. The van der Waals surface area contributed by atoms with Crippen LogP contribution in [0.15, 0.2) is 12.1 Å². The summed E-state index contributed by atoms with van der Waals surface area (Å²) < 4.78 is 10.6. The first-order valence-electron chi connectivity index (χ1n) is 5.91. The maximum atomic E-state index is 10.4. The molecule has 0 fully saturated rings. The van der Waals surface area contributed by atoms with Crippen molar-refractivity contribution in [1.29, 1.82) is 0 Å². The first kappa shape index (κ1) is 14.0. The quantitative estimate of drug-likeness (QED) is 0.857. The van der Waals surface area contributed by atoms with Crippen molar-refractivity contribution in [3.63, 3.8) is 0 Å². The van der Waals surface area contributed by atoms with Gasteiger partial charge < -0.3 is 14.6 Å². The number of rotatable bonds is 5. The largest absolute Gasteiger partial charge is 0.496 e. The van der Waals surface area contributed by atoms with E-state index < -0.39 is 6.10 Å². The van der Waals surface area contributed by atoms with Crippen LogP contribution in [0.5, 0.6) is 5.75 Å². The van der Waals surface area contributed by atoms with E-state index in [9.17, 15) is 5.11 Å². The van der Waals surface area contributed by atoms with Gasteiger partial charge in [0, 0.05) is 12.7 Å². The molecule has 0 radical (unpaired) electrons. The van der Waals surface area contributed by atoms with Crippen LogP contribution in [0.4, 0.5) is 0 Å². The standard InChI is InChI=1S/C14H22O3/c1-6-11(16-4)14(15)13-10(3)7-9(2)8-12(13)17-5/h7-8,11,14-15H,6H2,1-5H3. The number of aliphatic hydroxyl groups excluding tert-OH is 1. The summed E-state index contributed by atoms with van der Waals surface area (Å²) in [5.74, 6) is 0.727. The average molecular weight is 238 g/mol. The van der Waals surface area contributed by atoms with E-state index in [1.807, 2.05) is 32.9 Å². The van der Waals surface area contributed by atoms with E-state index >= 15 is 0 Å². The van der Waals surface area contributed by atoms with Crippen LogP contribution in [0.25, 0.3) is 0 Å². The molecule has 96 valence electrons. The zero-order valence-corrected chi connectivity index (χ0v) is 11.3. The predicted octanol–water partition coefficient (Wildman–Crippen LogP) is 2.77. The summed E-state index contributed by atoms with van der Waals surface area (Å²) in [5.41, 5.74) is 2.98. The smallest absolute Gasteiger partial charge is 0.125 e. The lowest BCUT2D eigenvalue weighted by Crippen LogP contribution is -2.21. The highest BCUT2D eigenvalue weighted by atomic mass is 16.5. The number of benzene rings is 1. The third-order valence-corrected chi connectivity index (χ3v) is 3.07. The van der Waals surface area contributed by atoms with Gasteiger partial charge in [0.15, 0.2) is 0 Å². The monoisotopic (exact) mass is 238 g/mol. The lowest BCUT2D eigenvalue weighted by molar-refractivity contribution is -0.0161. The van der Waals surface area contributed by atoms with E-state index in [2.05, 4.69) is 0 Å². The summed E-state index contributed by atoms with van der Waals surface area (Å²) in [5, 5.41) is 10.4. The molecule has 1 aromatic rings. The minimum atomic E-state index is -0.652. The summed E-state index contributed by atoms with van der Waals surface area (Å²) in [6, 6.07) is 3.98. The van der Waals surface area contributed by atoms with Crippen molar-refractivity contribution in [2.45, 2.75) is 39.4 Å². The molecule has 0 saturated carbocycles. The Morgan fingerprint density at radius 1 is 1.24 bits per heavy atom. The molecular formula is C14H22O3. The molecule has 0 heterocycles. The zero-order valence-electron chi connectivity index (χ0n) is 11.3. The van der Waals surface area contributed by atoms with E-state index in [4.69, 9.17) is 9.47 Å². The zero-order chi connectivity index (χ0) is 13.0. The third-order valence-electron chi connectivity index (χ3n) is 3.07. The molecule has 3 heteroatoms. The first-order valence-corrected chi connectivity index (χ1v) is 5.91. The minimum Gasteiger partial charge on any atom is -0.496 e. The van der Waals surface area contributed by atoms with Crippen LogP contribution in [0.2, 0.25) is 0 Å². The average Bonchev–Trinajstić information content (AvgIpc) is 2.29. The number of hydrogen-bond donors (Lipinski definition) is 1. The fraction of sp³-hybridized carbons (Fsp3) is 0.571. The maximum absolute atomic E-state index is 10.4. The number of ether oxygens (including phenoxy) is 2. The maximum Gasteiger partial charge on any atom is 0.125 e. The van der Waals surface area contributed by atoms with Crippen LogP contribution in [-0.2, 0) is 4.74 Å². The number of methoxy groups -OCH3 is 2. The van der Waals surface area contributed by atoms with Crippen molar-refractivity contribution in [2.75, 3.05) is 14.2 Å². The molecule has 3 nitrogen and oxygen atoms in total. The Kier molecular flexibility index (Phi) is 4.97. The van der Waals surface area contributed by atoms with Crippen molar-refractivity contribution < 1.29 is 14.6 Å². The Balaban J connectivity index is 3.19. The molecule has 2 atom stereocenters. The Bertz CT molecular complexity index is 370. The van der Waals surface area contributed by atoms with Gasteiger partial charge in [0.1, 0.15) is 11.9 Å². The fourth-order valence-corrected chi connectivity index (χ4v) is 2.19. The molecule has 17 heavy (non-hydrogen) atoms. The van der Waals surface area contributed by atoms with Gasteiger partial charge in [-0.25, -0.2) is 0 Å². The van der Waals surface area contributed by atoms with Crippen LogP contribution in [0.1, 0.15) is 36.1 Å². The Labute approximate surface area is 103 Å². The second-order valence-corrected chi connectivity index (χ2v) is 4.32. The van der Waals surface area contributed by atoms with E-state index in [1.165, 1.54) is 0 Å². The van der Waals surface area contributed by atoms with Gasteiger partial charge in [-0.2, -0.15) is 0 Å². The van der Waals surface area contributed by atoms with Gasteiger partial charge in [0.05, 0.1) is 13.2 Å². The molecule has 1 N–H and O–H groups in total. The first-order chi connectivity index (χ1) is 8.04. The highest BCUT2D eigenvalue weighted by molar-refractivity contribution is 5.44. The summed E-state index contributed by atoms with van der Waals surface area (Å²) >= 11 is 0. The van der Waals surface area contributed by atoms with E-state index in [0.29, 0.717) is 0 Å². The van der Waals surface area contributed by atoms with Gasteiger partial charge in [-0.1, -0.05) is 13.0 Å². The van der Waals surface area contributed by atoms with Crippen LogP contribution in [0, 0.1) is 13.8 Å². The molecule has 1 aromatic carbocycles. The van der Waals surface area contributed by atoms with Gasteiger partial charge in [-0.05, 0) is 37.5 Å². The predicted molar refractivity (Wildman–Crippen MR) is 68.5 cm³/mol. The van der Waals surface area contributed by atoms with Gasteiger partial charge in [-0.15, -0.1) is 0 Å². The normalized spacial score (nSPS) is 14.5. The van der Waals surface area contributed by atoms with Crippen molar-refractivity contribution >= 4 is 0 Å². The van der Waals surface area contributed by atoms with Gasteiger partial charge in [0.25, 0.3) is 0 Å². The molecule has 0 aliphatic heterocycles. The highest BCUT2D eigenvalue weighted by Crippen LogP contribution is 2.33. The lowest BCUT2D eigenvalue weighted by Gasteiger charge is -2.24. The Morgan fingerprint density at radius 3 is 2.35 bits per heavy atom. The number of aliphatic hydroxyl groups is 1. The molecule has 0 spiro atoms. The topological polar surface area (TPSA) is 38.7 Å². The molecule has 2 unspecified atom stereocenters. The van der Waals surface area contributed by atoms with Gasteiger partial charge in [0.2, 0.25) is 0 Å². The third kappa shape index (κ3) is 2.99. The van der Waals surface area contributed by atoms with Crippen LogP contribution in [0.3, 0.4) is 0 Å².